The lowest BCUT2D eigenvalue weighted by Crippen LogP contribution is -2.10. The molecule has 0 saturated heterocycles. The van der Waals surface area contributed by atoms with E-state index in [0.29, 0.717) is 5.56 Å². The maximum Gasteiger partial charge on any atom is 0.491 e. The molecule has 0 bridgehead atoms. The van der Waals surface area contributed by atoms with E-state index >= 15 is 0 Å². The van der Waals surface area contributed by atoms with Crippen molar-refractivity contribution in [3.63, 3.8) is 0 Å². The summed E-state index contributed by atoms with van der Waals surface area (Å²) in [6, 6.07) is 1.53. The van der Waals surface area contributed by atoms with Gasteiger partial charge in [-0.05, 0) is 23.5 Å². The molecule has 2 rings (SSSR count). The van der Waals surface area contributed by atoms with Gasteiger partial charge in [-0.1, -0.05) is 4.98 Å². The zero-order valence-electron chi connectivity index (χ0n) is 9.14. The van der Waals surface area contributed by atoms with E-state index < -0.39 is 16.8 Å². The first kappa shape index (κ1) is 11.6. The van der Waals surface area contributed by atoms with Gasteiger partial charge in [-0.25, -0.2) is 9.78 Å². The normalized spacial score (nSPS) is 10.3. The minimum Gasteiger partial charge on any atom is -0.478 e. The van der Waals surface area contributed by atoms with E-state index in [0.717, 1.165) is 11.0 Å². The number of hydrogen-bond donors (Lipinski definition) is 1. The van der Waals surface area contributed by atoms with E-state index in [1.165, 1.54) is 12.3 Å². The molecule has 9 nitrogen and oxygen atoms in total. The predicted octanol–water partition coefficient (Wildman–Crippen LogP) is 0.577. The van der Waals surface area contributed by atoms with E-state index in [1.54, 1.807) is 6.92 Å². The van der Waals surface area contributed by atoms with E-state index in [4.69, 9.17) is 5.11 Å². The number of rotatable bonds is 3. The van der Waals surface area contributed by atoms with Crippen LogP contribution < -0.4 is 0 Å². The summed E-state index contributed by atoms with van der Waals surface area (Å²) >= 11 is 0. The van der Waals surface area contributed by atoms with E-state index in [2.05, 4.69) is 15.1 Å². The van der Waals surface area contributed by atoms with Crippen LogP contribution in [0.25, 0.3) is 5.82 Å². The summed E-state index contributed by atoms with van der Waals surface area (Å²) in [4.78, 5) is 28.1. The summed E-state index contributed by atoms with van der Waals surface area (Å²) in [7, 11) is 0. The van der Waals surface area contributed by atoms with Gasteiger partial charge in [0.05, 0.1) is 0 Å². The van der Waals surface area contributed by atoms with Crippen LogP contribution in [0.4, 0.5) is 5.95 Å². The fourth-order valence-electron chi connectivity index (χ4n) is 1.42. The summed E-state index contributed by atoms with van der Waals surface area (Å²) in [6.07, 6.45) is 2.44. The number of aromatic carboxylic acids is 1. The summed E-state index contributed by atoms with van der Waals surface area (Å²) in [6.45, 7) is 1.60. The molecule has 2 heterocycles. The average molecular weight is 249 g/mol. The Morgan fingerprint density at radius 1 is 1.50 bits per heavy atom. The lowest BCUT2D eigenvalue weighted by Gasteiger charge is -2.04. The van der Waals surface area contributed by atoms with Crippen molar-refractivity contribution in [3.05, 3.63) is 39.8 Å². The van der Waals surface area contributed by atoms with Gasteiger partial charge in [0.25, 0.3) is 0 Å². The number of nitrogens with zero attached hydrogens (tertiary/aromatic N) is 5. The van der Waals surface area contributed by atoms with Crippen molar-refractivity contribution in [1.29, 1.82) is 0 Å². The monoisotopic (exact) mass is 249 g/mol. The number of aryl methyl sites for hydroxylation is 1. The van der Waals surface area contributed by atoms with Crippen molar-refractivity contribution in [3.8, 4) is 5.82 Å². The molecule has 0 aliphatic carbocycles. The number of nitro groups is 1. The Bertz CT molecular complexity index is 636. The van der Waals surface area contributed by atoms with Crippen molar-refractivity contribution >= 4 is 11.9 Å². The van der Waals surface area contributed by atoms with Crippen molar-refractivity contribution in [2.24, 2.45) is 0 Å². The van der Waals surface area contributed by atoms with Crippen LogP contribution in [0.15, 0.2) is 18.6 Å². The van der Waals surface area contributed by atoms with Gasteiger partial charge in [-0.2, -0.15) is 0 Å². The van der Waals surface area contributed by atoms with Crippen LogP contribution in [0, 0.1) is 17.0 Å². The lowest BCUT2D eigenvalue weighted by molar-refractivity contribution is -0.394. The van der Waals surface area contributed by atoms with Gasteiger partial charge in [-0.3, -0.25) is 0 Å². The molecule has 18 heavy (non-hydrogen) atoms. The number of aromatic nitrogens is 4. The van der Waals surface area contributed by atoms with Crippen molar-refractivity contribution < 1.29 is 14.8 Å². The minimum absolute atomic E-state index is 0.0110. The summed E-state index contributed by atoms with van der Waals surface area (Å²) in [5, 5.41) is 23.1. The predicted molar refractivity (Wildman–Crippen MR) is 57.5 cm³/mol. The Hall–Kier alpha value is -2.84. The molecule has 2 aromatic heterocycles. The molecular weight excluding hydrogens is 242 g/mol. The molecule has 0 atom stereocenters. The third kappa shape index (κ3) is 1.88. The molecule has 0 aliphatic heterocycles. The summed E-state index contributed by atoms with van der Waals surface area (Å²) in [5.41, 5.74) is 0.406. The number of pyridine rings is 1. The molecule has 0 spiro atoms. The van der Waals surface area contributed by atoms with Crippen LogP contribution in [0.2, 0.25) is 0 Å². The maximum absolute atomic E-state index is 11.1. The molecule has 1 N–H and O–H groups in total. The van der Waals surface area contributed by atoms with Crippen LogP contribution in [-0.4, -0.2) is 35.7 Å². The molecule has 0 aromatic carbocycles. The average Bonchev–Trinajstić information content (AvgIpc) is 2.77. The highest BCUT2D eigenvalue weighted by atomic mass is 16.6. The Morgan fingerprint density at radius 2 is 2.22 bits per heavy atom. The van der Waals surface area contributed by atoms with E-state index in [1.807, 2.05) is 0 Å². The fourth-order valence-corrected chi connectivity index (χ4v) is 1.42. The molecule has 0 fully saturated rings. The van der Waals surface area contributed by atoms with Crippen LogP contribution in [0.3, 0.4) is 0 Å². The third-order valence-electron chi connectivity index (χ3n) is 2.21. The molecular formula is C9H7N5O4. The van der Waals surface area contributed by atoms with Crippen LogP contribution in [0.1, 0.15) is 15.9 Å². The first-order valence-corrected chi connectivity index (χ1v) is 4.76. The Balaban J connectivity index is 2.59. The highest BCUT2D eigenvalue weighted by Gasteiger charge is 2.21. The van der Waals surface area contributed by atoms with Gasteiger partial charge in [0, 0.05) is 11.3 Å². The molecule has 0 unspecified atom stereocenters. The highest BCUT2D eigenvalue weighted by Crippen LogP contribution is 2.16. The Labute approximate surface area is 99.9 Å². The fraction of sp³-hybridized carbons (Fsp3) is 0.111. The van der Waals surface area contributed by atoms with Crippen LogP contribution in [0.5, 0.6) is 0 Å². The second-order valence-electron chi connectivity index (χ2n) is 3.38. The standard InChI is InChI=1S/C9H7N5O4/c1-5-2-3-10-7(6(5)8(15)16)13-4-11-9(12-13)14(17)18/h2-4H,1H3,(H,15,16). The van der Waals surface area contributed by atoms with Gasteiger partial charge in [0.15, 0.2) is 5.82 Å². The summed E-state index contributed by atoms with van der Waals surface area (Å²) in [5.74, 6) is -1.81. The topological polar surface area (TPSA) is 124 Å². The van der Waals surface area contributed by atoms with Gasteiger partial charge < -0.3 is 15.2 Å². The molecule has 0 aliphatic rings. The maximum atomic E-state index is 11.1. The summed E-state index contributed by atoms with van der Waals surface area (Å²) < 4.78 is 0.967. The molecule has 0 radical (unpaired) electrons. The molecule has 9 heteroatoms. The first-order valence-electron chi connectivity index (χ1n) is 4.76. The van der Waals surface area contributed by atoms with E-state index in [9.17, 15) is 14.9 Å². The van der Waals surface area contributed by atoms with Crippen molar-refractivity contribution in [2.75, 3.05) is 0 Å². The number of hydrogen-bond acceptors (Lipinski definition) is 6. The van der Waals surface area contributed by atoms with Gasteiger partial charge >= 0.3 is 11.9 Å². The quantitative estimate of drug-likeness (QED) is 0.622. The Morgan fingerprint density at radius 3 is 2.78 bits per heavy atom. The van der Waals surface area contributed by atoms with Crippen molar-refractivity contribution in [1.82, 2.24) is 19.7 Å². The van der Waals surface area contributed by atoms with Crippen LogP contribution >= 0.6 is 0 Å². The number of carbonyl (C=O) groups is 1. The number of carboxylic acids is 1. The Kier molecular flexibility index (Phi) is 2.72. The van der Waals surface area contributed by atoms with Crippen molar-refractivity contribution in [2.45, 2.75) is 6.92 Å². The second kappa shape index (κ2) is 4.20. The SMILES string of the molecule is Cc1ccnc(-n2cnc([N+](=O)[O-])n2)c1C(=O)O. The minimum atomic E-state index is -1.19. The van der Waals surface area contributed by atoms with Gasteiger partial charge in [0.2, 0.25) is 6.33 Å². The molecule has 0 amide bonds. The highest BCUT2D eigenvalue weighted by molar-refractivity contribution is 5.92. The zero-order chi connectivity index (χ0) is 13.3. The zero-order valence-corrected chi connectivity index (χ0v) is 9.14. The molecule has 92 valence electrons. The van der Waals surface area contributed by atoms with Crippen LogP contribution in [-0.2, 0) is 0 Å². The number of carboxylic acid groups (broad SMARTS) is 1. The lowest BCUT2D eigenvalue weighted by atomic mass is 10.1. The second-order valence-corrected chi connectivity index (χ2v) is 3.38. The molecule has 0 saturated carbocycles. The first-order chi connectivity index (χ1) is 8.50. The van der Waals surface area contributed by atoms with E-state index in [-0.39, 0.29) is 11.4 Å². The molecule has 2 aromatic rings. The van der Waals surface area contributed by atoms with Gasteiger partial charge in [-0.15, -0.1) is 4.68 Å². The third-order valence-corrected chi connectivity index (χ3v) is 2.21. The smallest absolute Gasteiger partial charge is 0.478 e. The largest absolute Gasteiger partial charge is 0.491 e. The van der Waals surface area contributed by atoms with Gasteiger partial charge in [0.1, 0.15) is 5.56 Å².